The van der Waals surface area contributed by atoms with Gasteiger partial charge in [-0.15, -0.1) is 10.2 Å². The Bertz CT molecular complexity index is 553. The first-order valence-corrected chi connectivity index (χ1v) is 6.16. The van der Waals surface area contributed by atoms with Crippen molar-refractivity contribution in [2.75, 3.05) is 11.9 Å². The molecule has 0 fully saturated rings. The van der Waals surface area contributed by atoms with E-state index in [0.717, 1.165) is 5.56 Å². The number of aromatic nitrogens is 2. The summed E-state index contributed by atoms with van der Waals surface area (Å²) < 4.78 is 49.7. The van der Waals surface area contributed by atoms with Crippen LogP contribution in [0.1, 0.15) is 10.6 Å². The Labute approximate surface area is 110 Å². The van der Waals surface area contributed by atoms with E-state index in [-0.39, 0.29) is 10.9 Å². The highest BCUT2D eigenvalue weighted by molar-refractivity contribution is 7.15. The molecule has 1 N–H and O–H groups in total. The molecule has 8 heteroatoms. The molecule has 0 radical (unpaired) electrons. The standard InChI is InChI=1S/C11H9F4N3S/c12-8-3-1-2-7(6-8)4-5-16-10-18-17-9(19-10)11(13,14)15/h1-3,6H,4-5H2,(H,16,18). The first kappa shape index (κ1) is 13.7. The fourth-order valence-corrected chi connectivity index (χ4v) is 2.05. The van der Waals surface area contributed by atoms with Gasteiger partial charge >= 0.3 is 6.18 Å². The topological polar surface area (TPSA) is 37.8 Å². The van der Waals surface area contributed by atoms with E-state index in [0.29, 0.717) is 24.3 Å². The van der Waals surface area contributed by atoms with Crippen LogP contribution in [0.3, 0.4) is 0 Å². The van der Waals surface area contributed by atoms with E-state index in [4.69, 9.17) is 0 Å². The lowest BCUT2D eigenvalue weighted by Crippen LogP contribution is -2.04. The molecule has 0 bridgehead atoms. The number of anilines is 1. The minimum Gasteiger partial charge on any atom is -0.360 e. The van der Waals surface area contributed by atoms with Gasteiger partial charge in [-0.05, 0) is 24.1 Å². The molecule has 0 atom stereocenters. The number of nitrogens with one attached hydrogen (secondary N) is 1. The van der Waals surface area contributed by atoms with E-state index in [1.54, 1.807) is 12.1 Å². The van der Waals surface area contributed by atoms with E-state index < -0.39 is 11.2 Å². The smallest absolute Gasteiger partial charge is 0.360 e. The maximum Gasteiger partial charge on any atom is 0.445 e. The zero-order valence-electron chi connectivity index (χ0n) is 9.54. The Kier molecular flexibility index (Phi) is 3.98. The molecule has 0 aliphatic rings. The van der Waals surface area contributed by atoms with Crippen LogP contribution in [-0.4, -0.2) is 16.7 Å². The van der Waals surface area contributed by atoms with Gasteiger partial charge in [-0.3, -0.25) is 0 Å². The molecule has 3 nitrogen and oxygen atoms in total. The van der Waals surface area contributed by atoms with E-state index in [1.807, 2.05) is 0 Å². The molecule has 1 aromatic heterocycles. The Morgan fingerprint density at radius 3 is 2.63 bits per heavy atom. The van der Waals surface area contributed by atoms with Crippen molar-refractivity contribution in [3.05, 3.63) is 40.7 Å². The Balaban J connectivity index is 1.88. The predicted octanol–water partition coefficient (Wildman–Crippen LogP) is 3.35. The Hall–Kier alpha value is -1.70. The van der Waals surface area contributed by atoms with Crippen LogP contribution in [-0.2, 0) is 12.6 Å². The number of alkyl halides is 3. The summed E-state index contributed by atoms with van der Waals surface area (Å²) in [6, 6.07) is 6.03. The van der Waals surface area contributed by atoms with Crippen molar-refractivity contribution in [1.29, 1.82) is 0 Å². The van der Waals surface area contributed by atoms with Gasteiger partial charge in [-0.25, -0.2) is 4.39 Å². The molecule has 2 rings (SSSR count). The normalized spacial score (nSPS) is 11.6. The fourth-order valence-electron chi connectivity index (χ4n) is 1.42. The average Bonchev–Trinajstić information content (AvgIpc) is 2.77. The molecular weight excluding hydrogens is 282 g/mol. The molecule has 0 saturated carbocycles. The molecule has 0 saturated heterocycles. The van der Waals surface area contributed by atoms with Gasteiger partial charge in [0.1, 0.15) is 5.82 Å². The van der Waals surface area contributed by atoms with Gasteiger partial charge in [0.25, 0.3) is 0 Å². The summed E-state index contributed by atoms with van der Waals surface area (Å²) in [7, 11) is 0. The second-order valence-corrected chi connectivity index (χ2v) is 4.69. The van der Waals surface area contributed by atoms with E-state index in [1.165, 1.54) is 12.1 Å². The molecule has 2 aromatic rings. The third-order valence-corrected chi connectivity index (χ3v) is 3.17. The van der Waals surface area contributed by atoms with Crippen molar-refractivity contribution >= 4 is 16.5 Å². The van der Waals surface area contributed by atoms with E-state index >= 15 is 0 Å². The molecular formula is C11H9F4N3S. The number of benzene rings is 1. The SMILES string of the molecule is Fc1cccc(CCNc2nnc(C(F)(F)F)s2)c1. The van der Waals surface area contributed by atoms with Crippen molar-refractivity contribution < 1.29 is 17.6 Å². The van der Waals surface area contributed by atoms with Crippen LogP contribution in [0.5, 0.6) is 0 Å². The van der Waals surface area contributed by atoms with Gasteiger partial charge in [0.05, 0.1) is 0 Å². The number of halogens is 4. The summed E-state index contributed by atoms with van der Waals surface area (Å²) >= 11 is 0.446. The lowest BCUT2D eigenvalue weighted by Gasteiger charge is -2.02. The summed E-state index contributed by atoms with van der Waals surface area (Å²) in [5, 5.41) is 8.29. The van der Waals surface area contributed by atoms with Crippen LogP contribution in [0.15, 0.2) is 24.3 Å². The predicted molar refractivity (Wildman–Crippen MR) is 63.5 cm³/mol. The zero-order chi connectivity index (χ0) is 13.9. The summed E-state index contributed by atoms with van der Waals surface area (Å²) in [6.45, 7) is 0.357. The van der Waals surface area contributed by atoms with Gasteiger partial charge in [-0.2, -0.15) is 13.2 Å². The third-order valence-electron chi connectivity index (χ3n) is 2.25. The summed E-state index contributed by atoms with van der Waals surface area (Å²) in [5.41, 5.74) is 0.757. The quantitative estimate of drug-likeness (QED) is 0.878. The highest BCUT2D eigenvalue weighted by Gasteiger charge is 2.35. The lowest BCUT2D eigenvalue weighted by atomic mass is 10.1. The second kappa shape index (κ2) is 5.52. The van der Waals surface area contributed by atoms with E-state index in [2.05, 4.69) is 15.5 Å². The maximum absolute atomic E-state index is 12.9. The van der Waals surface area contributed by atoms with Gasteiger partial charge in [0.15, 0.2) is 0 Å². The Morgan fingerprint density at radius 2 is 2.00 bits per heavy atom. The molecule has 0 aliphatic carbocycles. The molecule has 19 heavy (non-hydrogen) atoms. The summed E-state index contributed by atoms with van der Waals surface area (Å²) in [5.74, 6) is -0.340. The molecule has 0 amide bonds. The molecule has 102 valence electrons. The maximum atomic E-state index is 12.9. The van der Waals surface area contributed by atoms with Crippen molar-refractivity contribution in [3.63, 3.8) is 0 Å². The number of rotatable bonds is 4. The fraction of sp³-hybridized carbons (Fsp3) is 0.273. The monoisotopic (exact) mass is 291 g/mol. The van der Waals surface area contributed by atoms with Gasteiger partial charge in [0, 0.05) is 6.54 Å². The number of nitrogens with zero attached hydrogens (tertiary/aromatic N) is 2. The summed E-state index contributed by atoms with van der Waals surface area (Å²) in [4.78, 5) is 0. The van der Waals surface area contributed by atoms with Crippen molar-refractivity contribution in [1.82, 2.24) is 10.2 Å². The van der Waals surface area contributed by atoms with Crippen LogP contribution in [0.2, 0.25) is 0 Å². The lowest BCUT2D eigenvalue weighted by molar-refractivity contribution is -0.138. The van der Waals surface area contributed by atoms with Crippen LogP contribution < -0.4 is 5.32 Å². The minimum atomic E-state index is -4.47. The van der Waals surface area contributed by atoms with Crippen molar-refractivity contribution in [2.24, 2.45) is 0 Å². The highest BCUT2D eigenvalue weighted by Crippen LogP contribution is 2.32. The first-order valence-electron chi connectivity index (χ1n) is 5.34. The molecule has 0 spiro atoms. The second-order valence-electron chi connectivity index (χ2n) is 3.72. The average molecular weight is 291 g/mol. The largest absolute Gasteiger partial charge is 0.445 e. The van der Waals surface area contributed by atoms with Gasteiger partial charge in [0.2, 0.25) is 10.1 Å². The minimum absolute atomic E-state index is 0.101. The highest BCUT2D eigenvalue weighted by atomic mass is 32.1. The van der Waals surface area contributed by atoms with Gasteiger partial charge < -0.3 is 5.32 Å². The molecule has 0 unspecified atom stereocenters. The summed E-state index contributed by atoms with van der Waals surface area (Å²) in [6.07, 6.45) is -3.99. The number of hydrogen-bond donors (Lipinski definition) is 1. The van der Waals surface area contributed by atoms with Crippen LogP contribution in [0, 0.1) is 5.82 Å². The number of hydrogen-bond acceptors (Lipinski definition) is 4. The van der Waals surface area contributed by atoms with Crippen molar-refractivity contribution in [2.45, 2.75) is 12.6 Å². The third kappa shape index (κ3) is 3.88. The van der Waals surface area contributed by atoms with E-state index in [9.17, 15) is 17.6 Å². The first-order chi connectivity index (χ1) is 8.95. The molecule has 1 aromatic carbocycles. The molecule has 1 heterocycles. The Morgan fingerprint density at radius 1 is 1.21 bits per heavy atom. The van der Waals surface area contributed by atoms with Crippen LogP contribution in [0.4, 0.5) is 22.7 Å². The molecule has 0 aliphatic heterocycles. The van der Waals surface area contributed by atoms with Gasteiger partial charge in [-0.1, -0.05) is 23.5 Å². The van der Waals surface area contributed by atoms with Crippen molar-refractivity contribution in [3.8, 4) is 0 Å². The van der Waals surface area contributed by atoms with Crippen LogP contribution in [0.25, 0.3) is 0 Å². The van der Waals surface area contributed by atoms with Crippen LogP contribution >= 0.6 is 11.3 Å². The zero-order valence-corrected chi connectivity index (χ0v) is 10.4.